The van der Waals surface area contributed by atoms with Crippen molar-refractivity contribution in [2.75, 3.05) is 19.8 Å². The minimum atomic E-state index is 0.794. The Morgan fingerprint density at radius 3 is 2.79 bits per heavy atom. The fourth-order valence-corrected chi connectivity index (χ4v) is 2.21. The molecule has 0 spiro atoms. The largest absolute Gasteiger partial charge is 0.382 e. The third-order valence-electron chi connectivity index (χ3n) is 3.19. The minimum absolute atomic E-state index is 0.794. The second-order valence-corrected chi connectivity index (χ2v) is 4.37. The van der Waals surface area contributed by atoms with Gasteiger partial charge < -0.3 is 10.1 Å². The van der Waals surface area contributed by atoms with Crippen molar-refractivity contribution in [1.29, 1.82) is 0 Å². The Kier molecular flexibility index (Phi) is 6.20. The molecule has 1 saturated carbocycles. The molecule has 0 aromatic heterocycles. The molecule has 1 N–H and O–H groups in total. The van der Waals surface area contributed by atoms with Gasteiger partial charge in [0.2, 0.25) is 0 Å². The lowest BCUT2D eigenvalue weighted by Gasteiger charge is -2.16. The van der Waals surface area contributed by atoms with Crippen molar-refractivity contribution in [3.05, 3.63) is 0 Å². The Bertz CT molecular complexity index is 138. The van der Waals surface area contributed by atoms with Gasteiger partial charge in [0.25, 0.3) is 0 Å². The van der Waals surface area contributed by atoms with E-state index in [0.717, 1.165) is 25.2 Å². The summed E-state index contributed by atoms with van der Waals surface area (Å²) < 4.78 is 5.30. The standard InChI is InChI=1S/C12H25NO/c1-3-14-10-5-4-9-13-12-8-6-7-11(12)2/h11-13H,3-10H2,1-2H3. The molecule has 0 radical (unpaired) electrons. The second-order valence-electron chi connectivity index (χ2n) is 4.37. The summed E-state index contributed by atoms with van der Waals surface area (Å²) in [5.41, 5.74) is 0. The summed E-state index contributed by atoms with van der Waals surface area (Å²) in [6, 6.07) is 0.794. The van der Waals surface area contributed by atoms with Gasteiger partial charge in [0.1, 0.15) is 0 Å². The molecule has 2 heteroatoms. The number of hydrogen-bond acceptors (Lipinski definition) is 2. The van der Waals surface area contributed by atoms with E-state index >= 15 is 0 Å². The normalized spacial score (nSPS) is 27.0. The van der Waals surface area contributed by atoms with Crippen molar-refractivity contribution in [2.45, 2.75) is 52.0 Å². The molecule has 84 valence electrons. The first kappa shape index (κ1) is 12.0. The topological polar surface area (TPSA) is 21.3 Å². The quantitative estimate of drug-likeness (QED) is 0.636. The van der Waals surface area contributed by atoms with Crippen LogP contribution in [0.3, 0.4) is 0 Å². The third-order valence-corrected chi connectivity index (χ3v) is 3.19. The molecule has 14 heavy (non-hydrogen) atoms. The van der Waals surface area contributed by atoms with Crippen LogP contribution in [0.4, 0.5) is 0 Å². The van der Waals surface area contributed by atoms with E-state index in [1.54, 1.807) is 0 Å². The van der Waals surface area contributed by atoms with E-state index in [9.17, 15) is 0 Å². The van der Waals surface area contributed by atoms with Gasteiger partial charge in [0, 0.05) is 19.3 Å². The number of rotatable bonds is 7. The van der Waals surface area contributed by atoms with Gasteiger partial charge >= 0.3 is 0 Å². The summed E-state index contributed by atoms with van der Waals surface area (Å²) in [5, 5.41) is 3.65. The van der Waals surface area contributed by atoms with E-state index in [0.29, 0.717) is 0 Å². The summed E-state index contributed by atoms with van der Waals surface area (Å²) in [7, 11) is 0. The first-order valence-electron chi connectivity index (χ1n) is 6.15. The molecule has 0 bridgehead atoms. The van der Waals surface area contributed by atoms with E-state index in [2.05, 4.69) is 19.2 Å². The molecule has 1 fully saturated rings. The predicted octanol–water partition coefficient (Wildman–Crippen LogP) is 2.58. The predicted molar refractivity (Wildman–Crippen MR) is 60.5 cm³/mol. The number of ether oxygens (including phenoxy) is 1. The Hall–Kier alpha value is -0.0800. The monoisotopic (exact) mass is 199 g/mol. The fourth-order valence-electron chi connectivity index (χ4n) is 2.21. The first-order chi connectivity index (χ1) is 6.84. The Labute approximate surface area is 88.4 Å². The lowest BCUT2D eigenvalue weighted by atomic mass is 10.1. The van der Waals surface area contributed by atoms with Crippen LogP contribution in [0.5, 0.6) is 0 Å². The molecule has 0 saturated heterocycles. The maximum absolute atomic E-state index is 5.30. The Morgan fingerprint density at radius 1 is 1.29 bits per heavy atom. The smallest absolute Gasteiger partial charge is 0.0466 e. The van der Waals surface area contributed by atoms with Crippen LogP contribution < -0.4 is 5.32 Å². The van der Waals surface area contributed by atoms with Crippen molar-refractivity contribution >= 4 is 0 Å². The van der Waals surface area contributed by atoms with Crippen molar-refractivity contribution in [3.63, 3.8) is 0 Å². The maximum atomic E-state index is 5.30. The number of nitrogens with one attached hydrogen (secondary N) is 1. The maximum Gasteiger partial charge on any atom is 0.0466 e. The van der Waals surface area contributed by atoms with Crippen LogP contribution in [0, 0.1) is 5.92 Å². The Morgan fingerprint density at radius 2 is 2.14 bits per heavy atom. The van der Waals surface area contributed by atoms with Gasteiger partial charge in [0.15, 0.2) is 0 Å². The highest BCUT2D eigenvalue weighted by molar-refractivity contribution is 4.79. The summed E-state index contributed by atoms with van der Waals surface area (Å²) in [5.74, 6) is 0.891. The minimum Gasteiger partial charge on any atom is -0.382 e. The Balaban J connectivity index is 1.88. The van der Waals surface area contributed by atoms with E-state index in [-0.39, 0.29) is 0 Å². The molecule has 1 aliphatic carbocycles. The van der Waals surface area contributed by atoms with Gasteiger partial charge in [0.05, 0.1) is 0 Å². The molecule has 2 unspecified atom stereocenters. The van der Waals surface area contributed by atoms with Gasteiger partial charge in [-0.3, -0.25) is 0 Å². The summed E-state index contributed by atoms with van der Waals surface area (Å²) >= 11 is 0. The molecule has 0 amide bonds. The van der Waals surface area contributed by atoms with Gasteiger partial charge in [-0.15, -0.1) is 0 Å². The average Bonchev–Trinajstić information content (AvgIpc) is 2.58. The molecule has 2 atom stereocenters. The molecular weight excluding hydrogens is 174 g/mol. The van der Waals surface area contributed by atoms with Crippen LogP contribution >= 0.6 is 0 Å². The highest BCUT2D eigenvalue weighted by atomic mass is 16.5. The van der Waals surface area contributed by atoms with Crippen molar-refractivity contribution in [1.82, 2.24) is 5.32 Å². The van der Waals surface area contributed by atoms with Crippen molar-refractivity contribution in [3.8, 4) is 0 Å². The second kappa shape index (κ2) is 7.24. The van der Waals surface area contributed by atoms with Crippen molar-refractivity contribution in [2.24, 2.45) is 5.92 Å². The van der Waals surface area contributed by atoms with E-state index in [1.165, 1.54) is 38.6 Å². The highest BCUT2D eigenvalue weighted by Gasteiger charge is 2.21. The zero-order chi connectivity index (χ0) is 10.2. The molecule has 1 rings (SSSR count). The summed E-state index contributed by atoms with van der Waals surface area (Å²) in [6.07, 6.45) is 6.66. The van der Waals surface area contributed by atoms with Gasteiger partial charge in [-0.05, 0) is 45.1 Å². The van der Waals surface area contributed by atoms with Crippen LogP contribution in [-0.4, -0.2) is 25.8 Å². The molecule has 0 aromatic rings. The summed E-state index contributed by atoms with van der Waals surface area (Å²) in [4.78, 5) is 0. The molecule has 1 aliphatic rings. The molecule has 0 heterocycles. The lowest BCUT2D eigenvalue weighted by Crippen LogP contribution is -2.31. The van der Waals surface area contributed by atoms with Crippen LogP contribution in [0.25, 0.3) is 0 Å². The van der Waals surface area contributed by atoms with Gasteiger partial charge in [-0.25, -0.2) is 0 Å². The van der Waals surface area contributed by atoms with E-state index < -0.39 is 0 Å². The molecule has 0 aliphatic heterocycles. The van der Waals surface area contributed by atoms with E-state index in [1.807, 2.05) is 0 Å². The molecule has 2 nitrogen and oxygen atoms in total. The number of hydrogen-bond donors (Lipinski definition) is 1. The zero-order valence-electron chi connectivity index (χ0n) is 9.72. The number of unbranched alkanes of at least 4 members (excludes halogenated alkanes) is 1. The van der Waals surface area contributed by atoms with E-state index in [4.69, 9.17) is 4.74 Å². The van der Waals surface area contributed by atoms with Crippen LogP contribution in [-0.2, 0) is 4.74 Å². The molecular formula is C12H25NO. The lowest BCUT2D eigenvalue weighted by molar-refractivity contribution is 0.143. The fraction of sp³-hybridized carbons (Fsp3) is 1.00. The third kappa shape index (κ3) is 4.43. The van der Waals surface area contributed by atoms with Crippen LogP contribution in [0.15, 0.2) is 0 Å². The van der Waals surface area contributed by atoms with Crippen LogP contribution in [0.1, 0.15) is 46.0 Å². The summed E-state index contributed by atoms with van der Waals surface area (Å²) in [6.45, 7) is 7.37. The zero-order valence-corrected chi connectivity index (χ0v) is 9.72. The van der Waals surface area contributed by atoms with Gasteiger partial charge in [-0.2, -0.15) is 0 Å². The van der Waals surface area contributed by atoms with Crippen molar-refractivity contribution < 1.29 is 4.74 Å². The average molecular weight is 199 g/mol. The molecule has 0 aromatic carbocycles. The van der Waals surface area contributed by atoms with Crippen LogP contribution in [0.2, 0.25) is 0 Å². The SMILES string of the molecule is CCOCCCCNC1CCCC1C. The van der Waals surface area contributed by atoms with Gasteiger partial charge in [-0.1, -0.05) is 13.3 Å². The highest BCUT2D eigenvalue weighted by Crippen LogP contribution is 2.24. The first-order valence-corrected chi connectivity index (χ1v) is 6.15.